The molecule has 2 N–H and O–H groups in total. The van der Waals surface area contributed by atoms with Crippen LogP contribution in [0.3, 0.4) is 0 Å². The molecule has 0 aliphatic heterocycles. The molecule has 94 valence electrons. The number of rotatable bonds is 3. The van der Waals surface area contributed by atoms with Gasteiger partial charge in [-0.1, -0.05) is 19.3 Å². The van der Waals surface area contributed by atoms with Gasteiger partial charge in [-0.25, -0.2) is 0 Å². The SMILES string of the molecule is C[C@H](NC(=S)NC1CCCCC1)c1ccco1. The second-order valence-electron chi connectivity index (χ2n) is 4.69. The summed E-state index contributed by atoms with van der Waals surface area (Å²) in [5.74, 6) is 0.915. The van der Waals surface area contributed by atoms with Crippen molar-refractivity contribution in [3.05, 3.63) is 24.2 Å². The summed E-state index contributed by atoms with van der Waals surface area (Å²) in [4.78, 5) is 0. The molecule has 1 aromatic heterocycles. The van der Waals surface area contributed by atoms with E-state index in [1.54, 1.807) is 6.26 Å². The molecule has 4 heteroatoms. The van der Waals surface area contributed by atoms with E-state index in [0.717, 1.165) is 10.9 Å². The maximum atomic E-state index is 5.34. The van der Waals surface area contributed by atoms with E-state index >= 15 is 0 Å². The van der Waals surface area contributed by atoms with Crippen LogP contribution in [0.1, 0.15) is 50.8 Å². The van der Waals surface area contributed by atoms with Gasteiger partial charge in [0.1, 0.15) is 5.76 Å². The van der Waals surface area contributed by atoms with Crippen LogP contribution in [0, 0.1) is 0 Å². The van der Waals surface area contributed by atoms with Crippen molar-refractivity contribution in [3.63, 3.8) is 0 Å². The van der Waals surface area contributed by atoms with Crippen LogP contribution in [0.4, 0.5) is 0 Å². The first kappa shape index (κ1) is 12.4. The molecule has 1 saturated carbocycles. The molecule has 1 heterocycles. The molecular formula is C13H20N2OS. The third-order valence-electron chi connectivity index (χ3n) is 3.26. The van der Waals surface area contributed by atoms with E-state index < -0.39 is 0 Å². The second-order valence-corrected chi connectivity index (χ2v) is 5.10. The molecule has 2 rings (SSSR count). The Hall–Kier alpha value is -1.03. The lowest BCUT2D eigenvalue weighted by atomic mass is 9.96. The Morgan fingerprint density at radius 1 is 1.41 bits per heavy atom. The number of furan rings is 1. The fourth-order valence-electron chi connectivity index (χ4n) is 2.28. The fourth-order valence-corrected chi connectivity index (χ4v) is 2.62. The van der Waals surface area contributed by atoms with Gasteiger partial charge in [-0.2, -0.15) is 0 Å². The molecule has 0 amide bonds. The Balaban J connectivity index is 1.76. The van der Waals surface area contributed by atoms with Gasteiger partial charge in [0.15, 0.2) is 5.11 Å². The fraction of sp³-hybridized carbons (Fsp3) is 0.615. The summed E-state index contributed by atoms with van der Waals surface area (Å²) in [6.45, 7) is 2.05. The maximum Gasteiger partial charge on any atom is 0.167 e. The van der Waals surface area contributed by atoms with Crippen LogP contribution in [-0.4, -0.2) is 11.2 Å². The number of thiocarbonyl (C=S) groups is 1. The van der Waals surface area contributed by atoms with Gasteiger partial charge in [0, 0.05) is 6.04 Å². The van der Waals surface area contributed by atoms with Gasteiger partial charge in [0.25, 0.3) is 0 Å². The first-order valence-electron chi connectivity index (χ1n) is 6.36. The van der Waals surface area contributed by atoms with Crippen LogP contribution in [-0.2, 0) is 0 Å². The zero-order valence-corrected chi connectivity index (χ0v) is 11.1. The Bertz CT molecular complexity index is 344. The number of hydrogen-bond acceptors (Lipinski definition) is 2. The van der Waals surface area contributed by atoms with Crippen LogP contribution in [0.2, 0.25) is 0 Å². The molecule has 0 radical (unpaired) electrons. The van der Waals surface area contributed by atoms with Crippen LogP contribution >= 0.6 is 12.2 Å². The Kier molecular flexibility index (Phi) is 4.42. The van der Waals surface area contributed by atoms with Gasteiger partial charge in [-0.15, -0.1) is 0 Å². The maximum absolute atomic E-state index is 5.34. The van der Waals surface area contributed by atoms with E-state index in [1.807, 2.05) is 19.1 Å². The van der Waals surface area contributed by atoms with Crippen molar-refractivity contribution in [2.24, 2.45) is 0 Å². The van der Waals surface area contributed by atoms with E-state index in [2.05, 4.69) is 10.6 Å². The van der Waals surface area contributed by atoms with Crippen molar-refractivity contribution < 1.29 is 4.42 Å². The minimum atomic E-state index is 0.119. The van der Waals surface area contributed by atoms with Gasteiger partial charge in [-0.3, -0.25) is 0 Å². The normalized spacial score (nSPS) is 18.6. The quantitative estimate of drug-likeness (QED) is 0.810. The molecule has 0 unspecified atom stereocenters. The Morgan fingerprint density at radius 2 is 2.18 bits per heavy atom. The zero-order valence-electron chi connectivity index (χ0n) is 10.2. The summed E-state index contributed by atoms with van der Waals surface area (Å²) >= 11 is 5.32. The third kappa shape index (κ3) is 3.73. The van der Waals surface area contributed by atoms with Crippen molar-refractivity contribution >= 4 is 17.3 Å². The molecule has 1 aliphatic carbocycles. The molecule has 17 heavy (non-hydrogen) atoms. The molecule has 3 nitrogen and oxygen atoms in total. The van der Waals surface area contributed by atoms with Crippen LogP contribution in [0.5, 0.6) is 0 Å². The lowest BCUT2D eigenvalue weighted by Gasteiger charge is -2.25. The average Bonchev–Trinajstić information content (AvgIpc) is 2.83. The first-order valence-corrected chi connectivity index (χ1v) is 6.77. The summed E-state index contributed by atoms with van der Waals surface area (Å²) < 4.78 is 5.34. The summed E-state index contributed by atoms with van der Waals surface area (Å²) in [5.41, 5.74) is 0. The summed E-state index contributed by atoms with van der Waals surface area (Å²) in [7, 11) is 0. The monoisotopic (exact) mass is 252 g/mol. The van der Waals surface area contributed by atoms with E-state index in [-0.39, 0.29) is 6.04 Å². The van der Waals surface area contributed by atoms with Crippen molar-refractivity contribution in [2.75, 3.05) is 0 Å². The van der Waals surface area contributed by atoms with Crippen LogP contribution < -0.4 is 10.6 Å². The predicted molar refractivity (Wildman–Crippen MR) is 72.9 cm³/mol. The minimum absolute atomic E-state index is 0.119. The van der Waals surface area contributed by atoms with Crippen molar-refractivity contribution in [1.29, 1.82) is 0 Å². The van der Waals surface area contributed by atoms with Gasteiger partial charge < -0.3 is 15.1 Å². The molecule has 0 saturated heterocycles. The lowest BCUT2D eigenvalue weighted by molar-refractivity contribution is 0.407. The second kappa shape index (κ2) is 6.05. The van der Waals surface area contributed by atoms with Crippen molar-refractivity contribution in [2.45, 2.75) is 51.1 Å². The summed E-state index contributed by atoms with van der Waals surface area (Å²) in [6, 6.07) is 4.52. The molecule has 1 aliphatic rings. The third-order valence-corrected chi connectivity index (χ3v) is 3.49. The summed E-state index contributed by atoms with van der Waals surface area (Å²) in [5, 5.41) is 7.38. The molecule has 0 bridgehead atoms. The highest BCUT2D eigenvalue weighted by Gasteiger charge is 2.15. The first-order chi connectivity index (χ1) is 8.25. The van der Waals surface area contributed by atoms with Crippen molar-refractivity contribution in [3.8, 4) is 0 Å². The average molecular weight is 252 g/mol. The van der Waals surface area contributed by atoms with E-state index in [4.69, 9.17) is 16.6 Å². The highest BCUT2D eigenvalue weighted by atomic mass is 32.1. The molecule has 0 aromatic carbocycles. The molecular weight excluding hydrogens is 232 g/mol. The Morgan fingerprint density at radius 3 is 2.82 bits per heavy atom. The van der Waals surface area contributed by atoms with Gasteiger partial charge in [0.05, 0.1) is 12.3 Å². The van der Waals surface area contributed by atoms with E-state index in [0.29, 0.717) is 6.04 Å². The smallest absolute Gasteiger partial charge is 0.167 e. The van der Waals surface area contributed by atoms with Crippen LogP contribution in [0.15, 0.2) is 22.8 Å². The number of hydrogen-bond donors (Lipinski definition) is 2. The molecule has 1 aromatic rings. The zero-order chi connectivity index (χ0) is 12.1. The van der Waals surface area contributed by atoms with Gasteiger partial charge in [-0.05, 0) is 44.1 Å². The van der Waals surface area contributed by atoms with E-state index in [9.17, 15) is 0 Å². The largest absolute Gasteiger partial charge is 0.467 e. The number of nitrogens with one attached hydrogen (secondary N) is 2. The predicted octanol–water partition coefficient (Wildman–Crippen LogP) is 3.14. The van der Waals surface area contributed by atoms with Crippen LogP contribution in [0.25, 0.3) is 0 Å². The Labute approximate surface area is 108 Å². The molecule has 1 atom stereocenters. The highest BCUT2D eigenvalue weighted by Crippen LogP contribution is 2.17. The van der Waals surface area contributed by atoms with Crippen molar-refractivity contribution in [1.82, 2.24) is 10.6 Å². The minimum Gasteiger partial charge on any atom is -0.467 e. The standard InChI is InChI=1S/C13H20N2OS/c1-10(12-8-5-9-16-12)14-13(17)15-11-6-3-2-4-7-11/h5,8-11H,2-4,6-7H2,1H3,(H2,14,15,17)/t10-/m0/s1. The molecule has 1 fully saturated rings. The van der Waals surface area contributed by atoms with Gasteiger partial charge in [0.2, 0.25) is 0 Å². The lowest BCUT2D eigenvalue weighted by Crippen LogP contribution is -2.43. The van der Waals surface area contributed by atoms with E-state index in [1.165, 1.54) is 32.1 Å². The summed E-state index contributed by atoms with van der Waals surface area (Å²) in [6.07, 6.45) is 8.14. The van der Waals surface area contributed by atoms with Gasteiger partial charge >= 0.3 is 0 Å². The topological polar surface area (TPSA) is 37.2 Å². The highest BCUT2D eigenvalue weighted by molar-refractivity contribution is 7.80. The molecule has 0 spiro atoms.